The summed E-state index contributed by atoms with van der Waals surface area (Å²) >= 11 is 0. The van der Waals surface area contributed by atoms with E-state index in [-0.39, 0.29) is 17.3 Å². The molecule has 0 aliphatic heterocycles. The fraction of sp³-hybridized carbons (Fsp3) is 0.417. The number of hydrogen-bond donors (Lipinski definition) is 3. The zero-order valence-corrected chi connectivity index (χ0v) is 10.9. The van der Waals surface area contributed by atoms with Crippen LogP contribution in [0.15, 0.2) is 12.1 Å². The van der Waals surface area contributed by atoms with Crippen LogP contribution in [-0.4, -0.2) is 16.9 Å². The van der Waals surface area contributed by atoms with E-state index in [1.807, 2.05) is 0 Å². The highest BCUT2D eigenvalue weighted by molar-refractivity contribution is 5.99. The van der Waals surface area contributed by atoms with Crippen molar-refractivity contribution >= 4 is 17.3 Å². The van der Waals surface area contributed by atoms with Crippen LogP contribution in [0.4, 0.5) is 15.8 Å². The van der Waals surface area contributed by atoms with Gasteiger partial charge in [-0.25, -0.2) is 4.39 Å². The molecule has 0 aromatic heterocycles. The molecule has 0 radical (unpaired) electrons. The van der Waals surface area contributed by atoms with Gasteiger partial charge in [-0.3, -0.25) is 20.8 Å². The van der Waals surface area contributed by atoms with Gasteiger partial charge in [-0.1, -0.05) is 6.92 Å². The lowest BCUT2D eigenvalue weighted by Gasteiger charge is -2.33. The predicted octanol–water partition coefficient (Wildman–Crippen LogP) is 1.55. The third kappa shape index (κ3) is 2.69. The highest BCUT2D eigenvalue weighted by atomic mass is 19.1. The van der Waals surface area contributed by atoms with E-state index in [9.17, 15) is 19.3 Å². The van der Waals surface area contributed by atoms with Crippen molar-refractivity contribution in [2.75, 3.05) is 5.43 Å². The molecule has 1 aromatic rings. The Bertz CT molecular complexity index is 558. The van der Waals surface area contributed by atoms with Crippen LogP contribution < -0.4 is 16.6 Å². The van der Waals surface area contributed by atoms with Gasteiger partial charge in [-0.2, -0.15) is 0 Å². The second kappa shape index (κ2) is 5.41. The van der Waals surface area contributed by atoms with Crippen molar-refractivity contribution in [2.45, 2.75) is 25.8 Å². The summed E-state index contributed by atoms with van der Waals surface area (Å²) in [4.78, 5) is 22.2. The first kappa shape index (κ1) is 14.2. The van der Waals surface area contributed by atoms with Gasteiger partial charge in [0.25, 0.3) is 11.6 Å². The number of nitro benzene ring substituents is 1. The summed E-state index contributed by atoms with van der Waals surface area (Å²) in [6, 6.07) is 1.75. The third-order valence-electron chi connectivity index (χ3n) is 3.39. The van der Waals surface area contributed by atoms with E-state index >= 15 is 0 Å². The zero-order chi connectivity index (χ0) is 14.9. The maximum atomic E-state index is 13.5. The average Bonchev–Trinajstić information content (AvgIpc) is 2.36. The standard InChI is InChI=1S/C12H15FN4O3/c1-6-2-7(3-6)15-12(18)8-4-10(16-14)9(13)5-11(8)17(19)20/h4-7,16H,2-3,14H2,1H3,(H,15,18). The molecule has 1 fully saturated rings. The SMILES string of the molecule is CC1CC(NC(=O)c2cc(NN)c(F)cc2[N+](=O)[O-])C1. The van der Waals surface area contributed by atoms with Crippen LogP contribution in [0.3, 0.4) is 0 Å². The number of nitrogens with two attached hydrogens (primary N) is 1. The van der Waals surface area contributed by atoms with E-state index in [1.54, 1.807) is 0 Å². The number of anilines is 1. The smallest absolute Gasteiger partial charge is 0.285 e. The van der Waals surface area contributed by atoms with Gasteiger partial charge in [0.05, 0.1) is 16.7 Å². The number of carbonyl (C=O) groups excluding carboxylic acids is 1. The molecule has 0 saturated heterocycles. The number of nitrogen functional groups attached to an aromatic ring is 1. The maximum Gasteiger partial charge on any atom is 0.285 e. The van der Waals surface area contributed by atoms with Gasteiger partial charge in [0, 0.05) is 6.04 Å². The van der Waals surface area contributed by atoms with Crippen molar-refractivity contribution < 1.29 is 14.1 Å². The van der Waals surface area contributed by atoms with Gasteiger partial charge in [0.1, 0.15) is 5.56 Å². The molecule has 0 unspecified atom stereocenters. The number of nitro groups is 1. The van der Waals surface area contributed by atoms with Crippen LogP contribution >= 0.6 is 0 Å². The first-order chi connectivity index (χ1) is 9.42. The van der Waals surface area contributed by atoms with Crippen molar-refractivity contribution in [1.29, 1.82) is 0 Å². The first-order valence-electron chi connectivity index (χ1n) is 6.17. The first-order valence-corrected chi connectivity index (χ1v) is 6.17. The van der Waals surface area contributed by atoms with Crippen molar-refractivity contribution in [3.05, 3.63) is 33.6 Å². The Balaban J connectivity index is 2.28. The largest absolute Gasteiger partial charge is 0.349 e. The minimum Gasteiger partial charge on any atom is -0.349 e. The van der Waals surface area contributed by atoms with E-state index in [4.69, 9.17) is 5.84 Å². The monoisotopic (exact) mass is 282 g/mol. The molecular weight excluding hydrogens is 267 g/mol. The molecule has 2 rings (SSSR count). The molecule has 1 aliphatic carbocycles. The Morgan fingerprint density at radius 2 is 2.15 bits per heavy atom. The predicted molar refractivity (Wildman–Crippen MR) is 70.5 cm³/mol. The van der Waals surface area contributed by atoms with Crippen LogP contribution in [0.5, 0.6) is 0 Å². The van der Waals surface area contributed by atoms with E-state index in [0.717, 1.165) is 18.9 Å². The Morgan fingerprint density at radius 1 is 1.50 bits per heavy atom. The van der Waals surface area contributed by atoms with Crippen LogP contribution in [0.2, 0.25) is 0 Å². The fourth-order valence-electron chi connectivity index (χ4n) is 2.29. The van der Waals surface area contributed by atoms with Crippen LogP contribution in [0.25, 0.3) is 0 Å². The fourth-order valence-corrected chi connectivity index (χ4v) is 2.29. The topological polar surface area (TPSA) is 110 Å². The number of halogens is 1. The Morgan fingerprint density at radius 3 is 2.65 bits per heavy atom. The van der Waals surface area contributed by atoms with Gasteiger partial charge >= 0.3 is 0 Å². The molecule has 0 heterocycles. The number of hydrazine groups is 1. The third-order valence-corrected chi connectivity index (χ3v) is 3.39. The van der Waals surface area contributed by atoms with Gasteiger partial charge in [0.2, 0.25) is 0 Å². The average molecular weight is 282 g/mol. The maximum absolute atomic E-state index is 13.5. The summed E-state index contributed by atoms with van der Waals surface area (Å²) in [7, 11) is 0. The molecule has 0 bridgehead atoms. The quantitative estimate of drug-likeness (QED) is 0.441. The van der Waals surface area contributed by atoms with Crippen molar-refractivity contribution in [2.24, 2.45) is 11.8 Å². The Kier molecular flexibility index (Phi) is 3.84. The van der Waals surface area contributed by atoms with E-state index < -0.39 is 22.3 Å². The van der Waals surface area contributed by atoms with Crippen LogP contribution in [0.1, 0.15) is 30.1 Å². The normalized spacial score (nSPS) is 20.9. The summed E-state index contributed by atoms with van der Waals surface area (Å²) in [5.74, 6) is 4.17. The molecule has 20 heavy (non-hydrogen) atoms. The molecule has 108 valence electrons. The van der Waals surface area contributed by atoms with E-state index in [1.165, 1.54) is 0 Å². The molecule has 8 heteroatoms. The highest BCUT2D eigenvalue weighted by Gasteiger charge is 2.30. The molecular formula is C12H15FN4O3. The number of hydrogen-bond acceptors (Lipinski definition) is 5. The lowest BCUT2D eigenvalue weighted by molar-refractivity contribution is -0.385. The molecule has 1 aliphatic rings. The number of amides is 1. The number of nitrogens with zero attached hydrogens (tertiary/aromatic N) is 1. The lowest BCUT2D eigenvalue weighted by Crippen LogP contribution is -2.43. The number of rotatable bonds is 4. The van der Waals surface area contributed by atoms with Gasteiger partial charge in [-0.15, -0.1) is 0 Å². The van der Waals surface area contributed by atoms with Crippen molar-refractivity contribution in [1.82, 2.24) is 5.32 Å². The van der Waals surface area contributed by atoms with Crippen LogP contribution in [0, 0.1) is 21.8 Å². The van der Waals surface area contributed by atoms with E-state index in [2.05, 4.69) is 17.7 Å². The molecule has 1 amide bonds. The second-order valence-electron chi connectivity index (χ2n) is 5.00. The lowest BCUT2D eigenvalue weighted by atomic mass is 9.82. The summed E-state index contributed by atoms with van der Waals surface area (Å²) in [6.45, 7) is 2.06. The minimum absolute atomic E-state index is 0.0106. The minimum atomic E-state index is -0.881. The summed E-state index contributed by atoms with van der Waals surface area (Å²) in [5.41, 5.74) is 1.12. The van der Waals surface area contributed by atoms with Gasteiger partial charge in [-0.05, 0) is 24.8 Å². The second-order valence-corrected chi connectivity index (χ2v) is 5.00. The number of benzene rings is 1. The van der Waals surface area contributed by atoms with Crippen molar-refractivity contribution in [3.8, 4) is 0 Å². The zero-order valence-electron chi connectivity index (χ0n) is 10.9. The van der Waals surface area contributed by atoms with Gasteiger partial charge in [0.15, 0.2) is 5.82 Å². The molecule has 0 spiro atoms. The number of nitrogens with one attached hydrogen (secondary N) is 2. The number of carbonyl (C=O) groups is 1. The molecule has 0 atom stereocenters. The molecule has 1 saturated carbocycles. The van der Waals surface area contributed by atoms with Gasteiger partial charge < -0.3 is 10.7 Å². The molecule has 7 nitrogen and oxygen atoms in total. The molecule has 4 N–H and O–H groups in total. The Hall–Kier alpha value is -2.22. The van der Waals surface area contributed by atoms with Crippen LogP contribution in [-0.2, 0) is 0 Å². The summed E-state index contributed by atoms with van der Waals surface area (Å²) in [5, 5.41) is 13.6. The summed E-state index contributed by atoms with van der Waals surface area (Å²) < 4.78 is 13.5. The summed E-state index contributed by atoms with van der Waals surface area (Å²) in [6.07, 6.45) is 1.67. The Labute approximate surface area is 114 Å². The molecule has 1 aromatic carbocycles. The van der Waals surface area contributed by atoms with Crippen molar-refractivity contribution in [3.63, 3.8) is 0 Å². The van der Waals surface area contributed by atoms with E-state index in [0.29, 0.717) is 12.0 Å². The highest BCUT2D eigenvalue weighted by Crippen LogP contribution is 2.29.